The molecule has 1 aliphatic carbocycles. The highest BCUT2D eigenvalue weighted by Crippen LogP contribution is 2.27. The third-order valence-corrected chi connectivity index (χ3v) is 3.06. The van der Waals surface area contributed by atoms with Crippen LogP contribution in [0.3, 0.4) is 0 Å². The standard InChI is InChI=1S/C12H25N3O.2ClH/c1-3-15(4-2)8-7-14-12(16)10-13-9-11-5-6-11;;/h11,13H,3-10H2,1-2H3,(H,14,16);2*1H. The molecule has 1 aliphatic rings. The Morgan fingerprint density at radius 2 is 1.83 bits per heavy atom. The van der Waals surface area contributed by atoms with E-state index >= 15 is 0 Å². The van der Waals surface area contributed by atoms with E-state index < -0.39 is 0 Å². The molecule has 1 rings (SSSR count). The third-order valence-electron chi connectivity index (χ3n) is 3.06. The molecule has 0 heterocycles. The summed E-state index contributed by atoms with van der Waals surface area (Å²) in [5, 5.41) is 6.12. The van der Waals surface area contributed by atoms with Crippen LogP contribution in [0, 0.1) is 5.92 Å². The number of rotatable bonds is 9. The largest absolute Gasteiger partial charge is 0.354 e. The highest BCUT2D eigenvalue weighted by Gasteiger charge is 2.20. The van der Waals surface area contributed by atoms with Gasteiger partial charge in [-0.15, -0.1) is 24.8 Å². The summed E-state index contributed by atoms with van der Waals surface area (Å²) >= 11 is 0. The summed E-state index contributed by atoms with van der Waals surface area (Å²) in [6.07, 6.45) is 2.66. The molecule has 0 radical (unpaired) electrons. The van der Waals surface area contributed by atoms with Crippen LogP contribution in [0.25, 0.3) is 0 Å². The van der Waals surface area contributed by atoms with E-state index in [9.17, 15) is 4.79 Å². The van der Waals surface area contributed by atoms with Crippen LogP contribution in [0.2, 0.25) is 0 Å². The molecule has 2 N–H and O–H groups in total. The summed E-state index contributed by atoms with van der Waals surface area (Å²) in [4.78, 5) is 13.7. The van der Waals surface area contributed by atoms with Crippen LogP contribution in [0.1, 0.15) is 26.7 Å². The van der Waals surface area contributed by atoms with Crippen molar-refractivity contribution in [2.24, 2.45) is 5.92 Å². The molecule has 6 heteroatoms. The van der Waals surface area contributed by atoms with Crippen LogP contribution in [-0.4, -0.2) is 50.1 Å². The zero-order chi connectivity index (χ0) is 11.8. The maximum absolute atomic E-state index is 11.4. The van der Waals surface area contributed by atoms with Crippen molar-refractivity contribution in [2.45, 2.75) is 26.7 Å². The van der Waals surface area contributed by atoms with Gasteiger partial charge in [0, 0.05) is 13.1 Å². The van der Waals surface area contributed by atoms with E-state index in [4.69, 9.17) is 0 Å². The van der Waals surface area contributed by atoms with Gasteiger partial charge in [-0.3, -0.25) is 4.79 Å². The van der Waals surface area contributed by atoms with Crippen molar-refractivity contribution in [1.82, 2.24) is 15.5 Å². The summed E-state index contributed by atoms with van der Waals surface area (Å²) in [7, 11) is 0. The van der Waals surface area contributed by atoms with Gasteiger partial charge in [-0.1, -0.05) is 13.8 Å². The molecule has 0 spiro atoms. The van der Waals surface area contributed by atoms with Crippen molar-refractivity contribution in [3.63, 3.8) is 0 Å². The lowest BCUT2D eigenvalue weighted by Gasteiger charge is -2.17. The highest BCUT2D eigenvalue weighted by molar-refractivity contribution is 5.85. The van der Waals surface area contributed by atoms with Gasteiger partial charge in [-0.25, -0.2) is 0 Å². The molecule has 0 aromatic heterocycles. The lowest BCUT2D eigenvalue weighted by atomic mass is 10.4. The van der Waals surface area contributed by atoms with Crippen molar-refractivity contribution in [2.75, 3.05) is 39.3 Å². The van der Waals surface area contributed by atoms with Crippen molar-refractivity contribution >= 4 is 30.7 Å². The lowest BCUT2D eigenvalue weighted by Crippen LogP contribution is -2.39. The number of amides is 1. The molecular formula is C12H27Cl2N3O. The van der Waals surface area contributed by atoms with Gasteiger partial charge in [0.1, 0.15) is 0 Å². The van der Waals surface area contributed by atoms with E-state index in [0.29, 0.717) is 6.54 Å². The van der Waals surface area contributed by atoms with E-state index in [2.05, 4.69) is 29.4 Å². The van der Waals surface area contributed by atoms with Crippen LogP contribution in [0.15, 0.2) is 0 Å². The third kappa shape index (κ3) is 9.95. The van der Waals surface area contributed by atoms with Gasteiger partial charge in [0.2, 0.25) is 5.91 Å². The lowest BCUT2D eigenvalue weighted by molar-refractivity contribution is -0.120. The predicted octanol–water partition coefficient (Wildman–Crippen LogP) is 1.29. The van der Waals surface area contributed by atoms with Gasteiger partial charge in [0.25, 0.3) is 0 Å². The maximum atomic E-state index is 11.4. The smallest absolute Gasteiger partial charge is 0.234 e. The minimum Gasteiger partial charge on any atom is -0.354 e. The van der Waals surface area contributed by atoms with Gasteiger partial charge in [-0.05, 0) is 38.4 Å². The molecular weight excluding hydrogens is 273 g/mol. The van der Waals surface area contributed by atoms with E-state index in [1.54, 1.807) is 0 Å². The first kappa shape index (κ1) is 20.3. The van der Waals surface area contributed by atoms with Crippen molar-refractivity contribution in [3.8, 4) is 0 Å². The molecule has 1 saturated carbocycles. The first-order valence-electron chi connectivity index (χ1n) is 6.46. The first-order chi connectivity index (χ1) is 7.76. The second kappa shape index (κ2) is 12.0. The Morgan fingerprint density at radius 3 is 2.33 bits per heavy atom. The number of halogens is 2. The van der Waals surface area contributed by atoms with Crippen LogP contribution in [0.5, 0.6) is 0 Å². The predicted molar refractivity (Wildman–Crippen MR) is 80.9 cm³/mol. The molecule has 0 atom stereocenters. The molecule has 0 aromatic carbocycles. The van der Waals surface area contributed by atoms with Crippen LogP contribution >= 0.6 is 24.8 Å². The van der Waals surface area contributed by atoms with Crippen molar-refractivity contribution in [3.05, 3.63) is 0 Å². The Hall–Kier alpha value is -0.0300. The molecule has 0 unspecified atom stereocenters. The van der Waals surface area contributed by atoms with E-state index in [-0.39, 0.29) is 30.7 Å². The van der Waals surface area contributed by atoms with Crippen LogP contribution in [-0.2, 0) is 4.79 Å². The molecule has 4 nitrogen and oxygen atoms in total. The van der Waals surface area contributed by atoms with Gasteiger partial charge < -0.3 is 15.5 Å². The van der Waals surface area contributed by atoms with Gasteiger partial charge in [0.05, 0.1) is 6.54 Å². The summed E-state index contributed by atoms with van der Waals surface area (Å²) < 4.78 is 0. The molecule has 1 fully saturated rings. The zero-order valence-corrected chi connectivity index (χ0v) is 13.0. The quantitative estimate of drug-likeness (QED) is 0.674. The average molecular weight is 300 g/mol. The monoisotopic (exact) mass is 299 g/mol. The molecule has 110 valence electrons. The van der Waals surface area contributed by atoms with E-state index in [1.807, 2.05) is 0 Å². The fourth-order valence-electron chi connectivity index (χ4n) is 1.67. The normalized spacial score (nSPS) is 13.7. The van der Waals surface area contributed by atoms with Gasteiger partial charge in [-0.2, -0.15) is 0 Å². The number of hydrogen-bond donors (Lipinski definition) is 2. The molecule has 0 aromatic rings. The minimum absolute atomic E-state index is 0. The van der Waals surface area contributed by atoms with Crippen molar-refractivity contribution in [1.29, 1.82) is 0 Å². The average Bonchev–Trinajstić information content (AvgIpc) is 3.08. The Balaban J connectivity index is 0. The fraction of sp³-hybridized carbons (Fsp3) is 0.917. The first-order valence-corrected chi connectivity index (χ1v) is 6.46. The molecule has 0 saturated heterocycles. The van der Waals surface area contributed by atoms with Crippen LogP contribution in [0.4, 0.5) is 0 Å². The Labute approximate surface area is 123 Å². The topological polar surface area (TPSA) is 44.4 Å². The maximum Gasteiger partial charge on any atom is 0.234 e. The van der Waals surface area contributed by atoms with E-state index in [1.165, 1.54) is 12.8 Å². The Bertz CT molecular complexity index is 209. The Morgan fingerprint density at radius 1 is 1.22 bits per heavy atom. The minimum atomic E-state index is 0. The highest BCUT2D eigenvalue weighted by atomic mass is 35.5. The number of nitrogens with one attached hydrogen (secondary N) is 2. The zero-order valence-electron chi connectivity index (χ0n) is 11.4. The number of carbonyl (C=O) groups excluding carboxylic acids is 1. The summed E-state index contributed by atoms with van der Waals surface area (Å²) in [6.45, 7) is 9.55. The van der Waals surface area contributed by atoms with Crippen LogP contribution < -0.4 is 10.6 Å². The SMILES string of the molecule is CCN(CC)CCNC(=O)CNCC1CC1.Cl.Cl. The molecule has 0 aliphatic heterocycles. The van der Waals surface area contributed by atoms with Crippen molar-refractivity contribution < 1.29 is 4.79 Å². The summed E-state index contributed by atoms with van der Waals surface area (Å²) in [6, 6.07) is 0. The summed E-state index contributed by atoms with van der Waals surface area (Å²) in [5.41, 5.74) is 0. The Kier molecular flexibility index (Phi) is 13.6. The number of nitrogens with zero attached hydrogens (tertiary/aromatic N) is 1. The number of carbonyl (C=O) groups is 1. The fourth-order valence-corrected chi connectivity index (χ4v) is 1.67. The van der Waals surface area contributed by atoms with Gasteiger partial charge >= 0.3 is 0 Å². The second-order valence-corrected chi connectivity index (χ2v) is 4.45. The molecule has 18 heavy (non-hydrogen) atoms. The molecule has 1 amide bonds. The number of likely N-dealkylation sites (N-methyl/N-ethyl adjacent to an activating group) is 1. The number of hydrogen-bond acceptors (Lipinski definition) is 3. The second-order valence-electron chi connectivity index (χ2n) is 4.45. The van der Waals surface area contributed by atoms with E-state index in [0.717, 1.165) is 38.6 Å². The molecule has 0 bridgehead atoms. The summed E-state index contributed by atoms with van der Waals surface area (Å²) in [5.74, 6) is 0.955. The van der Waals surface area contributed by atoms with Gasteiger partial charge in [0.15, 0.2) is 0 Å².